The lowest BCUT2D eigenvalue weighted by molar-refractivity contribution is -0.111. The van der Waals surface area contributed by atoms with Crippen molar-refractivity contribution in [3.63, 3.8) is 0 Å². The summed E-state index contributed by atoms with van der Waals surface area (Å²) < 4.78 is 1.65. The van der Waals surface area contributed by atoms with Crippen molar-refractivity contribution in [1.29, 1.82) is 0 Å². The molecule has 9 nitrogen and oxygen atoms in total. The molecular weight excluding hydrogens is 456 g/mol. The Hall–Kier alpha value is -4.50. The normalized spacial score (nSPS) is 11.3. The Morgan fingerprint density at radius 3 is 2.56 bits per heavy atom. The molecule has 0 radical (unpaired) electrons. The highest BCUT2D eigenvalue weighted by Gasteiger charge is 2.21. The smallest absolute Gasteiger partial charge is 0.251 e. The van der Waals surface area contributed by atoms with E-state index in [1.807, 2.05) is 43.5 Å². The molecule has 0 atom stereocenters. The van der Waals surface area contributed by atoms with Crippen LogP contribution in [0.5, 0.6) is 0 Å². The van der Waals surface area contributed by atoms with Gasteiger partial charge < -0.3 is 21.5 Å². The Morgan fingerprint density at radius 2 is 1.89 bits per heavy atom. The third kappa shape index (κ3) is 5.11. The molecule has 2 aromatic heterocycles. The highest BCUT2D eigenvalue weighted by molar-refractivity contribution is 6.06. The summed E-state index contributed by atoms with van der Waals surface area (Å²) in [4.78, 5) is 28.8. The van der Waals surface area contributed by atoms with Gasteiger partial charge in [0, 0.05) is 40.7 Å². The summed E-state index contributed by atoms with van der Waals surface area (Å²) in [5, 5.41) is 19.8. The Morgan fingerprint density at radius 1 is 1.17 bits per heavy atom. The molecule has 4 aromatic rings. The van der Waals surface area contributed by atoms with Gasteiger partial charge in [-0.25, -0.2) is 9.50 Å². The summed E-state index contributed by atoms with van der Waals surface area (Å²) in [5.74, 6) is -0.323. The zero-order chi connectivity index (χ0) is 26.0. The van der Waals surface area contributed by atoms with E-state index in [-0.39, 0.29) is 18.4 Å². The molecule has 0 bridgehead atoms. The van der Waals surface area contributed by atoms with Crippen LogP contribution in [0, 0.1) is 6.92 Å². The lowest BCUT2D eigenvalue weighted by atomic mass is 9.95. The summed E-state index contributed by atoms with van der Waals surface area (Å²) in [7, 11) is 0. The third-order valence-corrected chi connectivity index (χ3v) is 5.63. The number of hydrogen-bond donors (Lipinski definition) is 4. The molecule has 5 N–H and O–H groups in total. The number of aliphatic hydroxyl groups is 1. The number of fused-ring (bicyclic) bond motifs is 1. The minimum absolute atomic E-state index is 0.127. The van der Waals surface area contributed by atoms with Gasteiger partial charge in [0.05, 0.1) is 5.60 Å². The Labute approximate surface area is 208 Å². The van der Waals surface area contributed by atoms with Gasteiger partial charge in [-0.05, 0) is 56.2 Å². The molecule has 0 saturated carbocycles. The number of nitrogens with two attached hydrogens (primary N) is 1. The van der Waals surface area contributed by atoms with Crippen LogP contribution in [0.2, 0.25) is 0 Å². The van der Waals surface area contributed by atoms with Crippen molar-refractivity contribution in [1.82, 2.24) is 19.9 Å². The molecular formula is C27H28N6O3. The predicted octanol–water partition coefficient (Wildman–Crippen LogP) is 3.58. The first-order valence-electron chi connectivity index (χ1n) is 11.3. The molecule has 184 valence electrons. The average molecular weight is 485 g/mol. The van der Waals surface area contributed by atoms with E-state index in [2.05, 4.69) is 27.3 Å². The van der Waals surface area contributed by atoms with Crippen LogP contribution in [0.1, 0.15) is 29.8 Å². The fourth-order valence-corrected chi connectivity index (χ4v) is 3.90. The fraction of sp³-hybridized carbons (Fsp3) is 0.185. The molecule has 0 aliphatic heterocycles. The molecule has 2 aromatic carbocycles. The van der Waals surface area contributed by atoms with E-state index >= 15 is 0 Å². The number of aromatic nitrogens is 3. The highest BCUT2D eigenvalue weighted by Crippen LogP contribution is 2.41. The molecule has 0 unspecified atom stereocenters. The molecule has 9 heteroatoms. The number of nitrogens with zero attached hydrogens (tertiary/aromatic N) is 3. The number of nitrogen functional groups attached to an aromatic ring is 1. The van der Waals surface area contributed by atoms with Gasteiger partial charge in [0.15, 0.2) is 5.82 Å². The predicted molar refractivity (Wildman–Crippen MR) is 140 cm³/mol. The van der Waals surface area contributed by atoms with Crippen LogP contribution < -0.4 is 16.4 Å². The summed E-state index contributed by atoms with van der Waals surface area (Å²) in [6, 6.07) is 12.8. The number of carbonyl (C=O) groups excluding carboxylic acids is 2. The van der Waals surface area contributed by atoms with Crippen molar-refractivity contribution >= 4 is 28.8 Å². The highest BCUT2D eigenvalue weighted by atomic mass is 16.3. The van der Waals surface area contributed by atoms with Crippen molar-refractivity contribution in [2.24, 2.45) is 0 Å². The second-order valence-corrected chi connectivity index (χ2v) is 9.17. The maximum Gasteiger partial charge on any atom is 0.251 e. The molecule has 0 saturated heterocycles. The zero-order valence-electron chi connectivity index (χ0n) is 20.4. The Kier molecular flexibility index (Phi) is 6.59. The molecule has 2 heterocycles. The van der Waals surface area contributed by atoms with Crippen molar-refractivity contribution in [2.75, 3.05) is 17.6 Å². The summed E-state index contributed by atoms with van der Waals surface area (Å²) in [5.41, 5.74) is 11.0. The Bertz CT molecular complexity index is 1470. The van der Waals surface area contributed by atoms with Gasteiger partial charge >= 0.3 is 0 Å². The number of carbonyl (C=O) groups is 2. The first-order chi connectivity index (χ1) is 17.1. The van der Waals surface area contributed by atoms with Crippen LogP contribution in [0.25, 0.3) is 27.8 Å². The summed E-state index contributed by atoms with van der Waals surface area (Å²) in [6.07, 6.45) is 4.43. The number of amides is 2. The van der Waals surface area contributed by atoms with Crippen molar-refractivity contribution in [3.8, 4) is 22.3 Å². The van der Waals surface area contributed by atoms with Gasteiger partial charge in [0.25, 0.3) is 5.91 Å². The molecule has 0 fully saturated rings. The number of nitrogens with one attached hydrogen (secondary N) is 2. The van der Waals surface area contributed by atoms with Gasteiger partial charge in [0.1, 0.15) is 11.8 Å². The maximum absolute atomic E-state index is 12.5. The van der Waals surface area contributed by atoms with E-state index in [0.29, 0.717) is 22.6 Å². The quantitative estimate of drug-likeness (QED) is 0.296. The fourth-order valence-electron chi connectivity index (χ4n) is 3.90. The van der Waals surface area contributed by atoms with Gasteiger partial charge in [-0.1, -0.05) is 30.8 Å². The molecule has 4 rings (SSSR count). The minimum Gasteiger partial charge on any atom is -0.389 e. The number of rotatable bonds is 7. The lowest BCUT2D eigenvalue weighted by Gasteiger charge is -2.17. The number of benzene rings is 2. The van der Waals surface area contributed by atoms with Gasteiger partial charge in [-0.2, -0.15) is 5.10 Å². The second kappa shape index (κ2) is 9.63. The van der Waals surface area contributed by atoms with Gasteiger partial charge in [0.2, 0.25) is 5.91 Å². The van der Waals surface area contributed by atoms with E-state index in [4.69, 9.17) is 5.73 Å². The SMILES string of the molecule is C=CC(=O)Nc1cc(C)ccc1-c1cn2ncnc(N)c2c1-c1ccc(C(=O)NCC(C)(C)O)cc1. The van der Waals surface area contributed by atoms with Crippen LogP contribution in [0.4, 0.5) is 11.5 Å². The first kappa shape index (κ1) is 24.6. The first-order valence-corrected chi connectivity index (χ1v) is 11.3. The number of anilines is 2. The molecule has 36 heavy (non-hydrogen) atoms. The molecule has 0 aliphatic carbocycles. The van der Waals surface area contributed by atoms with Crippen LogP contribution >= 0.6 is 0 Å². The molecule has 2 amide bonds. The van der Waals surface area contributed by atoms with Crippen molar-refractivity contribution in [3.05, 3.63) is 78.8 Å². The Balaban J connectivity index is 1.84. The number of hydrogen-bond acceptors (Lipinski definition) is 6. The van der Waals surface area contributed by atoms with E-state index < -0.39 is 5.60 Å². The van der Waals surface area contributed by atoms with E-state index in [1.54, 1.807) is 30.5 Å². The topological polar surface area (TPSA) is 135 Å². The molecule has 0 spiro atoms. The largest absolute Gasteiger partial charge is 0.389 e. The van der Waals surface area contributed by atoms with Crippen LogP contribution in [-0.2, 0) is 4.79 Å². The van der Waals surface area contributed by atoms with E-state index in [1.165, 1.54) is 12.4 Å². The maximum atomic E-state index is 12.5. The van der Waals surface area contributed by atoms with Crippen LogP contribution in [-0.4, -0.2) is 43.7 Å². The van der Waals surface area contributed by atoms with E-state index in [9.17, 15) is 14.7 Å². The van der Waals surface area contributed by atoms with Gasteiger partial charge in [-0.15, -0.1) is 0 Å². The van der Waals surface area contributed by atoms with Gasteiger partial charge in [-0.3, -0.25) is 9.59 Å². The second-order valence-electron chi connectivity index (χ2n) is 9.17. The third-order valence-electron chi connectivity index (χ3n) is 5.63. The van der Waals surface area contributed by atoms with Crippen LogP contribution in [0.3, 0.4) is 0 Å². The van der Waals surface area contributed by atoms with Crippen molar-refractivity contribution < 1.29 is 14.7 Å². The van der Waals surface area contributed by atoms with E-state index in [0.717, 1.165) is 27.8 Å². The van der Waals surface area contributed by atoms with Crippen LogP contribution in [0.15, 0.2) is 67.6 Å². The summed E-state index contributed by atoms with van der Waals surface area (Å²) in [6.45, 7) is 8.86. The lowest BCUT2D eigenvalue weighted by Crippen LogP contribution is -2.38. The monoisotopic (exact) mass is 484 g/mol. The molecule has 0 aliphatic rings. The summed E-state index contributed by atoms with van der Waals surface area (Å²) >= 11 is 0. The number of aryl methyl sites for hydroxylation is 1. The standard InChI is InChI=1S/C27H28N6O3/c1-5-22(34)32-21-12-16(2)6-11-19(21)20-13-33-24(25(28)30-15-31-33)23(20)17-7-9-18(10-8-17)26(35)29-14-27(3,4)36/h5-13,15,36H,1,14H2,2-4H3,(H,29,35)(H,32,34)(H2,28,30,31). The minimum atomic E-state index is -1.01. The van der Waals surface area contributed by atoms with Crippen molar-refractivity contribution in [2.45, 2.75) is 26.4 Å². The zero-order valence-corrected chi connectivity index (χ0v) is 20.4. The average Bonchev–Trinajstić information content (AvgIpc) is 3.23.